The zero-order valence-corrected chi connectivity index (χ0v) is 12.3. The number of nitrogens with zero attached hydrogens (tertiary/aromatic N) is 2. The quantitative estimate of drug-likeness (QED) is 0.849. The predicted molar refractivity (Wildman–Crippen MR) is 69.3 cm³/mol. The van der Waals surface area contributed by atoms with Crippen LogP contribution in [0.25, 0.3) is 0 Å². The highest BCUT2D eigenvalue weighted by Gasteiger charge is 2.39. The summed E-state index contributed by atoms with van der Waals surface area (Å²) in [5.41, 5.74) is -0.854. The number of halogens is 3. The van der Waals surface area contributed by atoms with Gasteiger partial charge in [-0.3, -0.25) is 0 Å². The molecule has 1 aromatic heterocycles. The molecule has 2 heterocycles. The molecule has 1 aliphatic rings. The largest absolute Gasteiger partial charge is 0.472 e. The van der Waals surface area contributed by atoms with Crippen molar-refractivity contribution < 1.29 is 26.3 Å². The molecular formula is C12H15F3N2O3S. The van der Waals surface area contributed by atoms with Crippen LogP contribution in [0.15, 0.2) is 18.3 Å². The molecule has 0 spiro atoms. The molecule has 0 unspecified atom stereocenters. The van der Waals surface area contributed by atoms with E-state index in [1.54, 1.807) is 13.8 Å². The number of hydrogen-bond donors (Lipinski definition) is 0. The van der Waals surface area contributed by atoms with Crippen molar-refractivity contribution in [1.29, 1.82) is 0 Å². The van der Waals surface area contributed by atoms with Gasteiger partial charge in [0.25, 0.3) is 0 Å². The minimum absolute atomic E-state index is 0.0506. The van der Waals surface area contributed by atoms with Crippen molar-refractivity contribution in [2.45, 2.75) is 31.4 Å². The van der Waals surface area contributed by atoms with E-state index >= 15 is 0 Å². The molecule has 1 aromatic rings. The fraction of sp³-hybridized carbons (Fsp3) is 0.583. The molecule has 1 saturated heterocycles. The van der Waals surface area contributed by atoms with Crippen molar-refractivity contribution in [3.63, 3.8) is 0 Å². The van der Waals surface area contributed by atoms with Crippen LogP contribution in [0.4, 0.5) is 13.2 Å². The van der Waals surface area contributed by atoms with E-state index in [2.05, 4.69) is 4.98 Å². The van der Waals surface area contributed by atoms with E-state index in [1.807, 2.05) is 0 Å². The first-order chi connectivity index (χ1) is 9.60. The molecular weight excluding hydrogens is 309 g/mol. The smallest absolute Gasteiger partial charge is 0.417 e. The van der Waals surface area contributed by atoms with Gasteiger partial charge in [-0.15, -0.1) is 0 Å². The Kier molecular flexibility index (Phi) is 4.16. The Labute approximate surface area is 120 Å². The van der Waals surface area contributed by atoms with Crippen molar-refractivity contribution in [3.8, 4) is 5.88 Å². The van der Waals surface area contributed by atoms with Crippen LogP contribution in [0.3, 0.4) is 0 Å². The number of rotatable bonds is 4. The maximum Gasteiger partial charge on any atom is 0.417 e. The van der Waals surface area contributed by atoms with Crippen LogP contribution in [0.5, 0.6) is 5.88 Å². The molecule has 1 aliphatic heterocycles. The first-order valence-electron chi connectivity index (χ1n) is 6.29. The number of alkyl halides is 3. The molecule has 0 aliphatic carbocycles. The van der Waals surface area contributed by atoms with Crippen LogP contribution in [0.2, 0.25) is 0 Å². The minimum Gasteiger partial charge on any atom is -0.472 e. The van der Waals surface area contributed by atoms with Gasteiger partial charge in [0.15, 0.2) is 0 Å². The Bertz CT molecular complexity index is 593. The van der Waals surface area contributed by atoms with Gasteiger partial charge in [0.05, 0.1) is 23.9 Å². The third-order valence-corrected chi connectivity index (χ3v) is 5.33. The molecule has 0 atom stereocenters. The van der Waals surface area contributed by atoms with Gasteiger partial charge in [-0.2, -0.15) is 17.5 Å². The lowest BCUT2D eigenvalue weighted by atomic mass is 10.2. The van der Waals surface area contributed by atoms with Crippen LogP contribution in [-0.4, -0.2) is 42.2 Å². The molecule has 2 rings (SSSR count). The van der Waals surface area contributed by atoms with E-state index in [1.165, 1.54) is 4.31 Å². The Balaban J connectivity index is 1.91. The number of ether oxygens (including phenoxy) is 1. The second-order valence-electron chi connectivity index (χ2n) is 5.03. The molecule has 0 amide bonds. The second-order valence-corrected chi connectivity index (χ2v) is 7.52. The summed E-state index contributed by atoms with van der Waals surface area (Å²) in [5, 5.41) is -0.511. The van der Waals surface area contributed by atoms with Gasteiger partial charge < -0.3 is 4.74 Å². The molecule has 5 nitrogen and oxygen atoms in total. The van der Waals surface area contributed by atoms with Crippen LogP contribution in [-0.2, 0) is 16.2 Å². The number of pyridine rings is 1. The van der Waals surface area contributed by atoms with E-state index in [9.17, 15) is 21.6 Å². The molecule has 0 bridgehead atoms. The molecule has 0 aromatic carbocycles. The van der Waals surface area contributed by atoms with E-state index in [0.717, 1.165) is 12.1 Å². The summed E-state index contributed by atoms with van der Waals surface area (Å²) in [5.74, 6) is 0.0506. The summed E-state index contributed by atoms with van der Waals surface area (Å²) < 4.78 is 67.3. The fourth-order valence-corrected chi connectivity index (χ4v) is 3.11. The molecule has 9 heteroatoms. The molecule has 21 heavy (non-hydrogen) atoms. The summed E-state index contributed by atoms with van der Waals surface area (Å²) in [6.45, 7) is 3.54. The lowest BCUT2D eigenvalue weighted by Crippen LogP contribution is -2.57. The van der Waals surface area contributed by atoms with Gasteiger partial charge >= 0.3 is 6.18 Å². The molecule has 0 radical (unpaired) electrons. The SMILES string of the molecule is CC(C)S(=O)(=O)N1CC(Oc2ccc(C(F)(F)F)cn2)C1. The van der Waals surface area contributed by atoms with Crippen molar-refractivity contribution in [1.82, 2.24) is 9.29 Å². The third kappa shape index (κ3) is 3.46. The third-order valence-electron chi connectivity index (χ3n) is 3.12. The highest BCUT2D eigenvalue weighted by atomic mass is 32.2. The molecule has 0 N–H and O–H groups in total. The van der Waals surface area contributed by atoms with Crippen molar-refractivity contribution in [2.75, 3.05) is 13.1 Å². The van der Waals surface area contributed by atoms with E-state index in [-0.39, 0.29) is 25.1 Å². The van der Waals surface area contributed by atoms with E-state index in [4.69, 9.17) is 4.74 Å². The van der Waals surface area contributed by atoms with Crippen molar-refractivity contribution in [2.24, 2.45) is 0 Å². The van der Waals surface area contributed by atoms with Crippen LogP contribution in [0, 0.1) is 0 Å². The monoisotopic (exact) mass is 324 g/mol. The Morgan fingerprint density at radius 3 is 2.38 bits per heavy atom. The first kappa shape index (κ1) is 16.0. The zero-order valence-electron chi connectivity index (χ0n) is 11.5. The fourth-order valence-electron chi connectivity index (χ4n) is 1.77. The van der Waals surface area contributed by atoms with Crippen molar-refractivity contribution >= 4 is 10.0 Å². The van der Waals surface area contributed by atoms with Gasteiger partial charge in [0.1, 0.15) is 6.10 Å². The Morgan fingerprint density at radius 2 is 1.95 bits per heavy atom. The normalized spacial score (nSPS) is 17.8. The van der Waals surface area contributed by atoms with Gasteiger partial charge in [-0.1, -0.05) is 0 Å². The van der Waals surface area contributed by atoms with Gasteiger partial charge in [-0.05, 0) is 19.9 Å². The molecule has 1 fully saturated rings. The average Bonchev–Trinajstić information content (AvgIpc) is 2.32. The zero-order chi connectivity index (χ0) is 15.8. The summed E-state index contributed by atoms with van der Waals surface area (Å²) >= 11 is 0. The first-order valence-corrected chi connectivity index (χ1v) is 7.80. The second kappa shape index (κ2) is 5.45. The highest BCUT2D eigenvalue weighted by Crippen LogP contribution is 2.29. The van der Waals surface area contributed by atoms with Crippen LogP contribution >= 0.6 is 0 Å². The van der Waals surface area contributed by atoms with Gasteiger partial charge in [0.2, 0.25) is 15.9 Å². The Morgan fingerprint density at radius 1 is 1.33 bits per heavy atom. The van der Waals surface area contributed by atoms with Crippen molar-refractivity contribution in [3.05, 3.63) is 23.9 Å². The highest BCUT2D eigenvalue weighted by molar-refractivity contribution is 7.89. The summed E-state index contributed by atoms with van der Waals surface area (Å²) in [6, 6.07) is 2.01. The van der Waals surface area contributed by atoms with Gasteiger partial charge in [-0.25, -0.2) is 13.4 Å². The molecule has 0 saturated carbocycles. The topological polar surface area (TPSA) is 59.5 Å². The summed E-state index contributed by atoms with van der Waals surface area (Å²) in [6.07, 6.45) is -4.14. The lowest BCUT2D eigenvalue weighted by molar-refractivity contribution is -0.137. The number of sulfonamides is 1. The lowest BCUT2D eigenvalue weighted by Gasteiger charge is -2.38. The maximum atomic E-state index is 12.4. The Hall–Kier alpha value is -1.35. The standard InChI is InChI=1S/C12H15F3N2O3S/c1-8(2)21(18,19)17-6-10(7-17)20-11-4-3-9(5-16-11)12(13,14)15/h3-5,8,10H,6-7H2,1-2H3. The maximum absolute atomic E-state index is 12.4. The average molecular weight is 324 g/mol. The molecule has 118 valence electrons. The summed E-state index contributed by atoms with van der Waals surface area (Å²) in [4.78, 5) is 3.58. The minimum atomic E-state index is -4.44. The number of aromatic nitrogens is 1. The van der Waals surface area contributed by atoms with Crippen LogP contribution in [0.1, 0.15) is 19.4 Å². The summed E-state index contributed by atoms with van der Waals surface area (Å²) in [7, 11) is -3.31. The number of hydrogen-bond acceptors (Lipinski definition) is 4. The van der Waals surface area contributed by atoms with E-state index < -0.39 is 27.0 Å². The predicted octanol–water partition coefficient (Wildman–Crippen LogP) is 1.90. The van der Waals surface area contributed by atoms with Gasteiger partial charge in [0, 0.05) is 12.3 Å². The van der Waals surface area contributed by atoms with Crippen LogP contribution < -0.4 is 4.74 Å². The van der Waals surface area contributed by atoms with E-state index in [0.29, 0.717) is 6.20 Å².